The molecule has 1 aromatic heterocycles. The van der Waals surface area contributed by atoms with Crippen LogP contribution in [-0.2, 0) is 5.41 Å². The molecule has 1 aromatic rings. The number of nitrogens with one attached hydrogen (secondary N) is 2. The Morgan fingerprint density at radius 1 is 1.46 bits per heavy atom. The van der Waals surface area contributed by atoms with Crippen LogP contribution in [0.5, 0.6) is 0 Å². The zero-order valence-electron chi connectivity index (χ0n) is 8.01. The summed E-state index contributed by atoms with van der Waals surface area (Å²) in [5.41, 5.74) is 0.252. The van der Waals surface area contributed by atoms with Gasteiger partial charge in [-0.15, -0.1) is 0 Å². The summed E-state index contributed by atoms with van der Waals surface area (Å²) in [6.45, 7) is 4.41. The minimum Gasteiger partial charge on any atom is -0.317 e. The molecule has 0 unspecified atom stereocenters. The van der Waals surface area contributed by atoms with Crippen molar-refractivity contribution in [1.29, 1.82) is 0 Å². The smallest absolute Gasteiger partial charge is 0.137 e. The third-order valence-electron chi connectivity index (χ3n) is 3.15. The fourth-order valence-electron chi connectivity index (χ4n) is 2.12. The second-order valence-electron chi connectivity index (χ2n) is 3.72. The van der Waals surface area contributed by atoms with Gasteiger partial charge in [0.1, 0.15) is 12.2 Å². The number of aromatic amines is 1. The maximum absolute atomic E-state index is 4.29. The van der Waals surface area contributed by atoms with Crippen molar-refractivity contribution in [1.82, 2.24) is 20.5 Å². The third-order valence-corrected chi connectivity index (χ3v) is 3.15. The molecule has 1 aliphatic rings. The Labute approximate surface area is 78.1 Å². The van der Waals surface area contributed by atoms with E-state index in [4.69, 9.17) is 0 Å². The first-order valence-electron chi connectivity index (χ1n) is 4.94. The van der Waals surface area contributed by atoms with Crippen LogP contribution in [0.15, 0.2) is 6.33 Å². The Kier molecular flexibility index (Phi) is 2.31. The maximum atomic E-state index is 4.29. The highest BCUT2D eigenvalue weighted by molar-refractivity contribution is 5.07. The van der Waals surface area contributed by atoms with E-state index in [0.29, 0.717) is 0 Å². The molecule has 0 atom stereocenters. The molecule has 72 valence electrons. The summed E-state index contributed by atoms with van der Waals surface area (Å²) in [6, 6.07) is 0. The van der Waals surface area contributed by atoms with Gasteiger partial charge in [-0.05, 0) is 32.4 Å². The number of hydrogen-bond donors (Lipinski definition) is 2. The highest BCUT2D eigenvalue weighted by Crippen LogP contribution is 2.33. The minimum atomic E-state index is 0.252. The lowest BCUT2D eigenvalue weighted by Crippen LogP contribution is -2.40. The van der Waals surface area contributed by atoms with E-state index < -0.39 is 0 Å². The molecule has 0 aromatic carbocycles. The molecule has 2 heterocycles. The molecule has 0 spiro atoms. The van der Waals surface area contributed by atoms with E-state index in [0.717, 1.165) is 25.3 Å². The molecule has 2 rings (SSSR count). The average Bonchev–Trinajstić information content (AvgIpc) is 2.72. The standard InChI is InChI=1S/C9H16N4/c1-2-9(3-5-10-6-4-9)8-11-7-12-13-8/h7,10H,2-6H2,1H3,(H,11,12,13). The zero-order chi connectivity index (χ0) is 9.15. The molecular formula is C9H16N4. The van der Waals surface area contributed by atoms with Crippen LogP contribution in [0.25, 0.3) is 0 Å². The number of piperidine rings is 1. The van der Waals surface area contributed by atoms with Crippen molar-refractivity contribution in [2.24, 2.45) is 0 Å². The molecule has 13 heavy (non-hydrogen) atoms. The first-order valence-corrected chi connectivity index (χ1v) is 4.94. The van der Waals surface area contributed by atoms with Crippen molar-refractivity contribution < 1.29 is 0 Å². The van der Waals surface area contributed by atoms with Crippen LogP contribution in [0.3, 0.4) is 0 Å². The van der Waals surface area contributed by atoms with Crippen LogP contribution in [0.2, 0.25) is 0 Å². The fourth-order valence-corrected chi connectivity index (χ4v) is 2.12. The molecule has 0 saturated carbocycles. The van der Waals surface area contributed by atoms with Gasteiger partial charge in [-0.3, -0.25) is 5.10 Å². The third kappa shape index (κ3) is 1.46. The topological polar surface area (TPSA) is 53.6 Å². The summed E-state index contributed by atoms with van der Waals surface area (Å²) in [5, 5.41) is 10.3. The minimum absolute atomic E-state index is 0.252. The molecule has 1 fully saturated rings. The molecular weight excluding hydrogens is 164 g/mol. The van der Waals surface area contributed by atoms with Gasteiger partial charge in [-0.1, -0.05) is 6.92 Å². The predicted molar refractivity (Wildman–Crippen MR) is 50.5 cm³/mol. The molecule has 1 aliphatic heterocycles. The van der Waals surface area contributed by atoms with Gasteiger partial charge < -0.3 is 5.32 Å². The van der Waals surface area contributed by atoms with Crippen molar-refractivity contribution in [2.45, 2.75) is 31.6 Å². The average molecular weight is 180 g/mol. The Morgan fingerprint density at radius 2 is 2.23 bits per heavy atom. The van der Waals surface area contributed by atoms with E-state index in [9.17, 15) is 0 Å². The Hall–Kier alpha value is -0.900. The lowest BCUT2D eigenvalue weighted by molar-refractivity contribution is 0.283. The summed E-state index contributed by atoms with van der Waals surface area (Å²) in [6.07, 6.45) is 5.08. The first kappa shape index (κ1) is 8.69. The van der Waals surface area contributed by atoms with Gasteiger partial charge >= 0.3 is 0 Å². The second-order valence-corrected chi connectivity index (χ2v) is 3.72. The van der Waals surface area contributed by atoms with E-state index in [1.165, 1.54) is 12.8 Å². The Bertz CT molecular complexity index is 249. The fraction of sp³-hybridized carbons (Fsp3) is 0.778. The number of aromatic nitrogens is 3. The second kappa shape index (κ2) is 3.46. The van der Waals surface area contributed by atoms with Crippen LogP contribution in [0, 0.1) is 0 Å². The zero-order valence-corrected chi connectivity index (χ0v) is 8.01. The molecule has 0 bridgehead atoms. The largest absolute Gasteiger partial charge is 0.317 e. The quantitative estimate of drug-likeness (QED) is 0.709. The van der Waals surface area contributed by atoms with Crippen molar-refractivity contribution >= 4 is 0 Å². The van der Waals surface area contributed by atoms with Crippen LogP contribution in [-0.4, -0.2) is 28.3 Å². The van der Waals surface area contributed by atoms with Crippen molar-refractivity contribution in [3.8, 4) is 0 Å². The lowest BCUT2D eigenvalue weighted by Gasteiger charge is -2.34. The number of H-pyrrole nitrogens is 1. The van der Waals surface area contributed by atoms with Crippen LogP contribution < -0.4 is 5.32 Å². The summed E-state index contributed by atoms with van der Waals surface area (Å²) in [4.78, 5) is 4.29. The molecule has 4 nitrogen and oxygen atoms in total. The Balaban J connectivity index is 2.23. The van der Waals surface area contributed by atoms with Crippen LogP contribution in [0.1, 0.15) is 32.0 Å². The van der Waals surface area contributed by atoms with E-state index in [1.54, 1.807) is 6.33 Å². The number of hydrogen-bond acceptors (Lipinski definition) is 3. The Morgan fingerprint density at radius 3 is 2.77 bits per heavy atom. The van der Waals surface area contributed by atoms with Gasteiger partial charge in [0.25, 0.3) is 0 Å². The van der Waals surface area contributed by atoms with Gasteiger partial charge in [0.05, 0.1) is 0 Å². The molecule has 0 amide bonds. The van der Waals surface area contributed by atoms with Crippen LogP contribution in [0.4, 0.5) is 0 Å². The number of rotatable bonds is 2. The summed E-state index contributed by atoms with van der Waals surface area (Å²) in [5.74, 6) is 1.07. The van der Waals surface area contributed by atoms with E-state index in [2.05, 4.69) is 27.4 Å². The van der Waals surface area contributed by atoms with Crippen LogP contribution >= 0.6 is 0 Å². The maximum Gasteiger partial charge on any atom is 0.137 e. The summed E-state index contributed by atoms with van der Waals surface area (Å²) in [7, 11) is 0. The summed E-state index contributed by atoms with van der Waals surface area (Å²) < 4.78 is 0. The highest BCUT2D eigenvalue weighted by atomic mass is 15.2. The normalized spacial score (nSPS) is 21.6. The van der Waals surface area contributed by atoms with Gasteiger partial charge in [-0.25, -0.2) is 4.98 Å². The van der Waals surface area contributed by atoms with Gasteiger partial charge in [-0.2, -0.15) is 5.10 Å². The van der Waals surface area contributed by atoms with Crippen molar-refractivity contribution in [3.63, 3.8) is 0 Å². The molecule has 4 heteroatoms. The van der Waals surface area contributed by atoms with E-state index in [1.807, 2.05) is 0 Å². The van der Waals surface area contributed by atoms with Gasteiger partial charge in [0, 0.05) is 5.41 Å². The lowest BCUT2D eigenvalue weighted by atomic mass is 9.76. The van der Waals surface area contributed by atoms with Gasteiger partial charge in [0.2, 0.25) is 0 Å². The monoisotopic (exact) mass is 180 g/mol. The highest BCUT2D eigenvalue weighted by Gasteiger charge is 2.34. The van der Waals surface area contributed by atoms with Gasteiger partial charge in [0.15, 0.2) is 0 Å². The number of nitrogens with zero attached hydrogens (tertiary/aromatic N) is 2. The SMILES string of the molecule is CCC1(c2ncn[nH]2)CCNCC1. The summed E-state index contributed by atoms with van der Waals surface area (Å²) >= 11 is 0. The predicted octanol–water partition coefficient (Wildman–Crippen LogP) is 0.836. The molecule has 0 radical (unpaired) electrons. The first-order chi connectivity index (χ1) is 6.37. The van der Waals surface area contributed by atoms with Crippen molar-refractivity contribution in [3.05, 3.63) is 12.2 Å². The molecule has 1 saturated heterocycles. The van der Waals surface area contributed by atoms with E-state index >= 15 is 0 Å². The van der Waals surface area contributed by atoms with Crippen molar-refractivity contribution in [2.75, 3.05) is 13.1 Å². The van der Waals surface area contributed by atoms with E-state index in [-0.39, 0.29) is 5.41 Å². The molecule has 2 N–H and O–H groups in total. The molecule has 0 aliphatic carbocycles.